The van der Waals surface area contributed by atoms with Crippen molar-refractivity contribution in [2.24, 2.45) is 0 Å². The van der Waals surface area contributed by atoms with Gasteiger partial charge in [-0.15, -0.1) is 0 Å². The Morgan fingerprint density at radius 2 is 1.95 bits per heavy atom. The highest BCUT2D eigenvalue weighted by Crippen LogP contribution is 2.22. The van der Waals surface area contributed by atoms with Crippen molar-refractivity contribution in [3.05, 3.63) is 69.2 Å². The van der Waals surface area contributed by atoms with Crippen LogP contribution in [0.5, 0.6) is 0 Å². The first kappa shape index (κ1) is 15.8. The zero-order valence-electron chi connectivity index (χ0n) is 11.7. The molecule has 0 aliphatic carbocycles. The topological polar surface area (TPSA) is 84.3 Å². The number of hydrogen-bond donors (Lipinski definition) is 2. The number of carbonyl (C=O) groups excluding carboxylic acids is 1. The van der Waals surface area contributed by atoms with Gasteiger partial charge in [-0.05, 0) is 24.6 Å². The summed E-state index contributed by atoms with van der Waals surface area (Å²) in [6, 6.07) is 12.2. The maximum Gasteiger partial charge on any atom is 0.319 e. The second-order valence-corrected chi connectivity index (χ2v) is 5.06. The molecule has 2 amide bonds. The molecule has 0 aliphatic heterocycles. The van der Waals surface area contributed by atoms with Gasteiger partial charge in [0.25, 0.3) is 5.69 Å². The number of non-ortho nitro benzene ring substituents is 1. The first-order valence-electron chi connectivity index (χ1n) is 6.54. The molecule has 0 radical (unpaired) electrons. The number of carbonyl (C=O) groups is 1. The number of nitrogens with zero attached hydrogens (tertiary/aromatic N) is 1. The van der Waals surface area contributed by atoms with Gasteiger partial charge in [-0.25, -0.2) is 4.79 Å². The summed E-state index contributed by atoms with van der Waals surface area (Å²) in [6.45, 7) is 1.80. The fourth-order valence-corrected chi connectivity index (χ4v) is 2.26. The highest BCUT2D eigenvalue weighted by molar-refractivity contribution is 6.31. The first-order valence-corrected chi connectivity index (χ1v) is 6.91. The minimum Gasteiger partial charge on any atom is -0.331 e. The number of hydrogen-bond acceptors (Lipinski definition) is 3. The lowest BCUT2D eigenvalue weighted by atomic mass is 10.1. The van der Waals surface area contributed by atoms with Crippen molar-refractivity contribution in [3.8, 4) is 0 Å². The molecular formula is C15H14ClN3O3. The Labute approximate surface area is 132 Å². The Kier molecular flexibility index (Phi) is 4.95. The molecule has 2 aromatic rings. The van der Waals surface area contributed by atoms with Crippen LogP contribution in [0.2, 0.25) is 5.02 Å². The minimum atomic E-state index is -0.518. The minimum absolute atomic E-state index is 0.0862. The van der Waals surface area contributed by atoms with Crippen LogP contribution in [0, 0.1) is 10.1 Å². The Morgan fingerprint density at radius 1 is 1.23 bits per heavy atom. The zero-order chi connectivity index (χ0) is 16.1. The van der Waals surface area contributed by atoms with Gasteiger partial charge in [-0.2, -0.15) is 0 Å². The van der Waals surface area contributed by atoms with E-state index in [2.05, 4.69) is 10.6 Å². The molecule has 1 atom stereocenters. The number of amides is 2. The van der Waals surface area contributed by atoms with Crippen molar-refractivity contribution in [2.75, 3.05) is 5.32 Å². The molecule has 0 spiro atoms. The van der Waals surface area contributed by atoms with E-state index in [1.54, 1.807) is 19.1 Å². The van der Waals surface area contributed by atoms with E-state index >= 15 is 0 Å². The lowest BCUT2D eigenvalue weighted by Crippen LogP contribution is -2.31. The maximum absolute atomic E-state index is 12.0. The van der Waals surface area contributed by atoms with Crippen molar-refractivity contribution < 1.29 is 9.72 Å². The Bertz CT molecular complexity index is 706. The molecule has 0 saturated heterocycles. The third kappa shape index (κ3) is 3.95. The smallest absolute Gasteiger partial charge is 0.319 e. The average Bonchev–Trinajstić information content (AvgIpc) is 2.47. The molecule has 1 unspecified atom stereocenters. The largest absolute Gasteiger partial charge is 0.331 e. The van der Waals surface area contributed by atoms with E-state index < -0.39 is 11.0 Å². The molecule has 0 saturated carbocycles. The van der Waals surface area contributed by atoms with Crippen LogP contribution in [0.15, 0.2) is 48.5 Å². The number of nitrogens with one attached hydrogen (secondary N) is 2. The summed E-state index contributed by atoms with van der Waals surface area (Å²) in [5.74, 6) is 0. The van der Waals surface area contributed by atoms with Gasteiger partial charge >= 0.3 is 6.03 Å². The Hall–Kier alpha value is -2.60. The molecule has 7 heteroatoms. The summed E-state index contributed by atoms with van der Waals surface area (Å²) in [4.78, 5) is 22.1. The first-order chi connectivity index (χ1) is 10.5. The number of halogens is 1. The highest BCUT2D eigenvalue weighted by Gasteiger charge is 2.13. The standard InChI is InChI=1S/C15H14ClN3O3/c1-10(13-7-2-3-8-14(13)16)17-15(20)18-11-5-4-6-12(9-11)19(21)22/h2-10H,1H3,(H2,17,18,20). The number of nitro groups is 1. The number of anilines is 1. The van der Waals surface area contributed by atoms with E-state index in [0.717, 1.165) is 5.56 Å². The zero-order valence-corrected chi connectivity index (χ0v) is 12.5. The molecular weight excluding hydrogens is 306 g/mol. The van der Waals surface area contributed by atoms with E-state index in [-0.39, 0.29) is 11.7 Å². The molecule has 6 nitrogen and oxygen atoms in total. The molecule has 114 valence electrons. The normalized spacial score (nSPS) is 11.5. The Balaban J connectivity index is 2.03. The number of benzene rings is 2. The number of nitro benzene ring substituents is 1. The van der Waals surface area contributed by atoms with Gasteiger partial charge in [-0.1, -0.05) is 35.9 Å². The molecule has 0 aliphatic rings. The van der Waals surface area contributed by atoms with Crippen molar-refractivity contribution in [3.63, 3.8) is 0 Å². The van der Waals surface area contributed by atoms with E-state index in [1.807, 2.05) is 18.2 Å². The van der Waals surface area contributed by atoms with Gasteiger partial charge in [0, 0.05) is 22.8 Å². The predicted molar refractivity (Wildman–Crippen MR) is 85.1 cm³/mol. The van der Waals surface area contributed by atoms with Crippen LogP contribution in [0.3, 0.4) is 0 Å². The van der Waals surface area contributed by atoms with Crippen LogP contribution in [0.1, 0.15) is 18.5 Å². The molecule has 2 aromatic carbocycles. The fourth-order valence-electron chi connectivity index (χ4n) is 1.97. The molecule has 0 fully saturated rings. The van der Waals surface area contributed by atoms with E-state index in [9.17, 15) is 14.9 Å². The summed E-state index contributed by atoms with van der Waals surface area (Å²) >= 11 is 6.07. The monoisotopic (exact) mass is 319 g/mol. The third-order valence-corrected chi connectivity index (χ3v) is 3.38. The van der Waals surface area contributed by atoms with Crippen LogP contribution >= 0.6 is 11.6 Å². The lowest BCUT2D eigenvalue weighted by molar-refractivity contribution is -0.384. The number of urea groups is 1. The van der Waals surface area contributed by atoms with Crippen molar-refractivity contribution >= 4 is 29.0 Å². The fraction of sp³-hybridized carbons (Fsp3) is 0.133. The van der Waals surface area contributed by atoms with Gasteiger partial charge in [0.1, 0.15) is 0 Å². The lowest BCUT2D eigenvalue weighted by Gasteiger charge is -2.16. The second-order valence-electron chi connectivity index (χ2n) is 4.65. The van der Waals surface area contributed by atoms with Crippen LogP contribution < -0.4 is 10.6 Å². The van der Waals surface area contributed by atoms with Gasteiger partial charge in [0.15, 0.2) is 0 Å². The number of rotatable bonds is 4. The molecule has 0 heterocycles. The summed E-state index contributed by atoms with van der Waals surface area (Å²) in [6.07, 6.45) is 0. The molecule has 2 N–H and O–H groups in total. The third-order valence-electron chi connectivity index (χ3n) is 3.03. The summed E-state index contributed by atoms with van der Waals surface area (Å²) < 4.78 is 0. The second kappa shape index (κ2) is 6.91. The van der Waals surface area contributed by atoms with E-state index in [1.165, 1.54) is 18.2 Å². The van der Waals surface area contributed by atoms with Crippen LogP contribution in [0.25, 0.3) is 0 Å². The summed E-state index contributed by atoms with van der Waals surface area (Å²) in [7, 11) is 0. The Morgan fingerprint density at radius 3 is 2.64 bits per heavy atom. The van der Waals surface area contributed by atoms with E-state index in [4.69, 9.17) is 11.6 Å². The average molecular weight is 320 g/mol. The van der Waals surface area contributed by atoms with Crippen molar-refractivity contribution in [1.29, 1.82) is 0 Å². The quantitative estimate of drug-likeness (QED) is 0.656. The maximum atomic E-state index is 12.0. The van der Waals surface area contributed by atoms with Crippen molar-refractivity contribution in [2.45, 2.75) is 13.0 Å². The van der Waals surface area contributed by atoms with Crippen LogP contribution in [-0.4, -0.2) is 11.0 Å². The van der Waals surface area contributed by atoms with Gasteiger partial charge < -0.3 is 10.6 Å². The highest BCUT2D eigenvalue weighted by atomic mass is 35.5. The van der Waals surface area contributed by atoms with Crippen molar-refractivity contribution in [1.82, 2.24) is 5.32 Å². The summed E-state index contributed by atoms with van der Waals surface area (Å²) in [5.41, 5.74) is 1.05. The molecule has 22 heavy (non-hydrogen) atoms. The van der Waals surface area contributed by atoms with Gasteiger partial charge in [0.2, 0.25) is 0 Å². The summed E-state index contributed by atoms with van der Waals surface area (Å²) in [5, 5.41) is 16.6. The van der Waals surface area contributed by atoms with Crippen LogP contribution in [-0.2, 0) is 0 Å². The SMILES string of the molecule is CC(NC(=O)Nc1cccc([N+](=O)[O-])c1)c1ccccc1Cl. The predicted octanol–water partition coefficient (Wildman–Crippen LogP) is 4.13. The van der Waals surface area contributed by atoms with Crippen LogP contribution in [0.4, 0.5) is 16.2 Å². The van der Waals surface area contributed by atoms with E-state index in [0.29, 0.717) is 10.7 Å². The molecule has 0 bridgehead atoms. The molecule has 2 rings (SSSR count). The van der Waals surface area contributed by atoms with Gasteiger partial charge in [0.05, 0.1) is 11.0 Å². The molecule has 0 aromatic heterocycles. The van der Waals surface area contributed by atoms with Gasteiger partial charge in [-0.3, -0.25) is 10.1 Å².